The minimum Gasteiger partial charge on any atom is -0.497 e. The molecule has 1 saturated carbocycles. The van der Waals surface area contributed by atoms with Crippen molar-refractivity contribution in [3.05, 3.63) is 54.6 Å². The summed E-state index contributed by atoms with van der Waals surface area (Å²) in [5, 5.41) is 9.79. The zero-order valence-electron chi connectivity index (χ0n) is 22.8. The summed E-state index contributed by atoms with van der Waals surface area (Å²) < 4.78 is 7.39. The molecule has 1 saturated heterocycles. The number of amides is 2. The number of aromatic nitrogens is 3. The minimum absolute atomic E-state index is 0.0737. The van der Waals surface area contributed by atoms with Crippen molar-refractivity contribution < 1.29 is 14.3 Å². The molecule has 0 spiro atoms. The highest BCUT2D eigenvalue weighted by Gasteiger charge is 2.34. The Morgan fingerprint density at radius 3 is 2.44 bits per heavy atom. The average Bonchev–Trinajstić information content (AvgIpc) is 3.66. The van der Waals surface area contributed by atoms with E-state index in [1.165, 1.54) is 0 Å². The summed E-state index contributed by atoms with van der Waals surface area (Å²) in [5.41, 5.74) is 1.94. The van der Waals surface area contributed by atoms with E-state index in [2.05, 4.69) is 21.7 Å². The van der Waals surface area contributed by atoms with Crippen molar-refractivity contribution in [1.82, 2.24) is 24.6 Å². The molecule has 1 aliphatic heterocycles. The maximum Gasteiger partial charge on any atom is 0.226 e. The maximum absolute atomic E-state index is 13.0. The second-order valence-electron chi connectivity index (χ2n) is 10.4. The van der Waals surface area contributed by atoms with Crippen LogP contribution in [0.3, 0.4) is 0 Å². The van der Waals surface area contributed by atoms with Gasteiger partial charge in [-0.25, -0.2) is 0 Å². The number of carbonyl (C=O) groups excluding carboxylic acids is 2. The Morgan fingerprint density at radius 2 is 1.74 bits per heavy atom. The Hall–Kier alpha value is -3.33. The molecule has 2 aromatic carbocycles. The van der Waals surface area contributed by atoms with E-state index < -0.39 is 0 Å². The van der Waals surface area contributed by atoms with E-state index in [0.29, 0.717) is 32.0 Å². The van der Waals surface area contributed by atoms with Gasteiger partial charge in [-0.2, -0.15) is 0 Å². The summed E-state index contributed by atoms with van der Waals surface area (Å²) in [6.45, 7) is 3.96. The van der Waals surface area contributed by atoms with Crippen LogP contribution in [0.25, 0.3) is 17.1 Å². The first-order valence-electron chi connectivity index (χ1n) is 13.9. The van der Waals surface area contributed by atoms with E-state index in [4.69, 9.17) is 4.74 Å². The lowest BCUT2D eigenvalue weighted by molar-refractivity contribution is -0.145. The van der Waals surface area contributed by atoms with Crippen LogP contribution in [0.2, 0.25) is 0 Å². The first kappa shape index (κ1) is 27.2. The van der Waals surface area contributed by atoms with Crippen molar-refractivity contribution in [2.75, 3.05) is 32.5 Å². The maximum atomic E-state index is 13.0. The fourth-order valence-corrected chi connectivity index (χ4v) is 6.46. The van der Waals surface area contributed by atoms with Gasteiger partial charge in [-0.05, 0) is 50.5 Å². The molecule has 2 aliphatic rings. The highest BCUT2D eigenvalue weighted by atomic mass is 32.2. The van der Waals surface area contributed by atoms with E-state index in [9.17, 15) is 9.59 Å². The predicted molar refractivity (Wildman–Crippen MR) is 153 cm³/mol. The number of methoxy groups -OCH3 is 1. The highest BCUT2D eigenvalue weighted by Crippen LogP contribution is 2.30. The molecule has 9 heteroatoms. The smallest absolute Gasteiger partial charge is 0.226 e. The number of nitrogens with zero attached hydrogens (tertiary/aromatic N) is 5. The lowest BCUT2D eigenvalue weighted by Crippen LogP contribution is -2.56. The van der Waals surface area contributed by atoms with E-state index in [0.717, 1.165) is 65.8 Å². The van der Waals surface area contributed by atoms with Crippen molar-refractivity contribution in [1.29, 1.82) is 0 Å². The standard InChI is InChI=1S/C30H37N5O3S/c1-22-21-33(18-19-34(22)29(37)24-11-6-7-12-24)27(36)13-8-20-39-30-32-31-28(23-9-4-3-5-10-23)35(30)25-14-16-26(38-2)17-15-25/h3-5,9-10,14-17,22,24H,6-8,11-13,18-21H2,1-2H3. The molecule has 1 aromatic heterocycles. The third-order valence-corrected chi connectivity index (χ3v) is 8.75. The first-order chi connectivity index (χ1) is 19.0. The third kappa shape index (κ3) is 6.30. The summed E-state index contributed by atoms with van der Waals surface area (Å²) >= 11 is 1.61. The van der Waals surface area contributed by atoms with Crippen LogP contribution in [0.5, 0.6) is 5.75 Å². The van der Waals surface area contributed by atoms with Crippen LogP contribution in [-0.4, -0.2) is 74.9 Å². The molecule has 3 aromatic rings. The van der Waals surface area contributed by atoms with Crippen molar-refractivity contribution in [3.8, 4) is 22.8 Å². The number of benzene rings is 2. The molecular formula is C30H37N5O3S. The SMILES string of the molecule is COc1ccc(-n2c(SCCCC(=O)N3CCN(C(=O)C4CCCC4)C(C)C3)nnc2-c2ccccc2)cc1. The molecule has 206 valence electrons. The van der Waals surface area contributed by atoms with Crippen LogP contribution in [0.4, 0.5) is 0 Å². The van der Waals surface area contributed by atoms with Crippen molar-refractivity contribution in [2.24, 2.45) is 5.92 Å². The second kappa shape index (κ2) is 12.7. The molecule has 2 heterocycles. The molecule has 0 radical (unpaired) electrons. The molecule has 2 fully saturated rings. The second-order valence-corrected chi connectivity index (χ2v) is 11.4. The Bertz CT molecular complexity index is 1260. The molecule has 0 N–H and O–H groups in total. The Labute approximate surface area is 234 Å². The molecule has 8 nitrogen and oxygen atoms in total. The molecule has 1 unspecified atom stereocenters. The molecule has 5 rings (SSSR count). The number of hydrogen-bond acceptors (Lipinski definition) is 6. The molecule has 2 amide bonds. The number of thioether (sulfide) groups is 1. The molecular weight excluding hydrogens is 510 g/mol. The van der Waals surface area contributed by atoms with Gasteiger partial charge in [0.15, 0.2) is 11.0 Å². The zero-order valence-corrected chi connectivity index (χ0v) is 23.6. The lowest BCUT2D eigenvalue weighted by Gasteiger charge is -2.41. The predicted octanol–water partition coefficient (Wildman–Crippen LogP) is 5.06. The molecule has 0 bridgehead atoms. The van der Waals surface area contributed by atoms with Gasteiger partial charge < -0.3 is 14.5 Å². The van der Waals surface area contributed by atoms with E-state index in [-0.39, 0.29) is 17.9 Å². The molecule has 1 aliphatic carbocycles. The summed E-state index contributed by atoms with van der Waals surface area (Å²) in [6.07, 6.45) is 5.58. The Kier molecular flexibility index (Phi) is 8.86. The highest BCUT2D eigenvalue weighted by molar-refractivity contribution is 7.99. The van der Waals surface area contributed by atoms with Crippen molar-refractivity contribution >= 4 is 23.6 Å². The van der Waals surface area contributed by atoms with Crippen LogP contribution in [-0.2, 0) is 9.59 Å². The number of hydrogen-bond donors (Lipinski definition) is 0. The van der Waals surface area contributed by atoms with Gasteiger partial charge in [0.2, 0.25) is 11.8 Å². The fourth-order valence-electron chi connectivity index (χ4n) is 5.57. The summed E-state index contributed by atoms with van der Waals surface area (Å²) in [6, 6.07) is 18.0. The van der Waals surface area contributed by atoms with Crippen molar-refractivity contribution in [2.45, 2.75) is 56.6 Å². The lowest BCUT2D eigenvalue weighted by atomic mass is 10.0. The van der Waals surface area contributed by atoms with E-state index >= 15 is 0 Å². The van der Waals surface area contributed by atoms with Gasteiger partial charge in [-0.15, -0.1) is 10.2 Å². The largest absolute Gasteiger partial charge is 0.497 e. The van der Waals surface area contributed by atoms with Crippen LogP contribution < -0.4 is 4.74 Å². The summed E-state index contributed by atoms with van der Waals surface area (Å²) in [4.78, 5) is 29.8. The van der Waals surface area contributed by atoms with Gasteiger partial charge in [0.05, 0.1) is 7.11 Å². The Balaban J connectivity index is 1.17. The molecule has 39 heavy (non-hydrogen) atoms. The third-order valence-electron chi connectivity index (χ3n) is 7.73. The van der Waals surface area contributed by atoms with Gasteiger partial charge in [-0.3, -0.25) is 14.2 Å². The molecule has 1 atom stereocenters. The number of carbonyl (C=O) groups is 2. The topological polar surface area (TPSA) is 80.6 Å². The summed E-state index contributed by atoms with van der Waals surface area (Å²) in [7, 11) is 1.66. The minimum atomic E-state index is 0.0737. The first-order valence-corrected chi connectivity index (χ1v) is 14.9. The van der Waals surface area contributed by atoms with E-state index in [1.807, 2.05) is 64.4 Å². The number of piperazine rings is 1. The van der Waals surface area contributed by atoms with Crippen molar-refractivity contribution in [3.63, 3.8) is 0 Å². The normalized spacial score (nSPS) is 17.9. The monoisotopic (exact) mass is 547 g/mol. The van der Waals surface area contributed by atoms with Gasteiger partial charge in [-0.1, -0.05) is 54.9 Å². The van der Waals surface area contributed by atoms with Gasteiger partial charge in [0.25, 0.3) is 0 Å². The van der Waals surface area contributed by atoms with Gasteiger partial charge in [0.1, 0.15) is 5.75 Å². The van der Waals surface area contributed by atoms with Gasteiger partial charge >= 0.3 is 0 Å². The van der Waals surface area contributed by atoms with Crippen LogP contribution >= 0.6 is 11.8 Å². The van der Waals surface area contributed by atoms with Crippen LogP contribution in [0.1, 0.15) is 45.4 Å². The van der Waals surface area contributed by atoms with Crippen LogP contribution in [0, 0.1) is 5.92 Å². The zero-order chi connectivity index (χ0) is 27.2. The van der Waals surface area contributed by atoms with E-state index in [1.54, 1.807) is 18.9 Å². The van der Waals surface area contributed by atoms with Crippen LogP contribution in [0.15, 0.2) is 59.8 Å². The fraction of sp³-hybridized carbons (Fsp3) is 0.467. The number of rotatable bonds is 9. The summed E-state index contributed by atoms with van der Waals surface area (Å²) in [5.74, 6) is 2.97. The average molecular weight is 548 g/mol. The quantitative estimate of drug-likeness (QED) is 0.275. The number of ether oxygens (including phenoxy) is 1. The Morgan fingerprint density at radius 1 is 1.00 bits per heavy atom. The van der Waals surface area contributed by atoms with Gasteiger partial charge in [0, 0.05) is 55.0 Å².